The smallest absolute Gasteiger partial charge is 0.143 e. The number of hydrogen-bond donors (Lipinski definition) is 1. The number of rotatable bonds is 6. The zero-order valence-corrected chi connectivity index (χ0v) is 19.6. The summed E-state index contributed by atoms with van der Waals surface area (Å²) in [7, 11) is 0. The molecule has 32 heavy (non-hydrogen) atoms. The predicted molar refractivity (Wildman–Crippen MR) is 132 cm³/mol. The van der Waals surface area contributed by atoms with Gasteiger partial charge in [0.1, 0.15) is 22.3 Å². The van der Waals surface area contributed by atoms with E-state index in [4.69, 9.17) is 9.97 Å². The molecule has 6 nitrogen and oxygen atoms in total. The Labute approximate surface area is 192 Å². The molecule has 1 aliphatic heterocycles. The van der Waals surface area contributed by atoms with Crippen molar-refractivity contribution in [3.8, 4) is 10.7 Å². The summed E-state index contributed by atoms with van der Waals surface area (Å²) in [4.78, 5) is 21.5. The number of fused-ring (bicyclic) bond motifs is 1. The highest BCUT2D eigenvalue weighted by Gasteiger charge is 2.16. The van der Waals surface area contributed by atoms with Crippen molar-refractivity contribution >= 4 is 33.2 Å². The van der Waals surface area contributed by atoms with Crippen LogP contribution in [0.1, 0.15) is 49.4 Å². The minimum absolute atomic E-state index is 0.392. The van der Waals surface area contributed by atoms with E-state index in [0.717, 1.165) is 57.9 Å². The first-order valence-corrected chi connectivity index (χ1v) is 12.1. The summed E-state index contributed by atoms with van der Waals surface area (Å²) in [6.45, 7) is 9.74. The molecule has 164 valence electrons. The first kappa shape index (κ1) is 21.0. The molecule has 0 radical (unpaired) electrons. The number of nitrogens with zero attached hydrogens (tertiary/aromatic N) is 5. The molecule has 0 unspecified atom stereocenters. The van der Waals surface area contributed by atoms with Gasteiger partial charge in [0, 0.05) is 25.0 Å². The summed E-state index contributed by atoms with van der Waals surface area (Å²) in [6.07, 6.45) is 6.29. The minimum Gasteiger partial charge on any atom is -0.325 e. The van der Waals surface area contributed by atoms with Gasteiger partial charge in [0.25, 0.3) is 0 Å². The van der Waals surface area contributed by atoms with Crippen LogP contribution in [0, 0.1) is 6.92 Å². The van der Waals surface area contributed by atoms with Crippen molar-refractivity contribution in [1.82, 2.24) is 24.8 Å². The third kappa shape index (κ3) is 4.36. The average molecular weight is 445 g/mol. The van der Waals surface area contributed by atoms with E-state index in [1.54, 1.807) is 11.3 Å². The van der Waals surface area contributed by atoms with Crippen LogP contribution in [0.25, 0.3) is 20.9 Å². The van der Waals surface area contributed by atoms with Gasteiger partial charge in [-0.1, -0.05) is 26.0 Å². The highest BCUT2D eigenvalue weighted by Crippen LogP contribution is 2.34. The molecular formula is C25H28N6S. The predicted octanol–water partition coefficient (Wildman–Crippen LogP) is 5.92. The topological polar surface area (TPSA) is 66.8 Å². The Morgan fingerprint density at radius 1 is 1.06 bits per heavy atom. The number of anilines is 2. The molecule has 1 saturated heterocycles. The zero-order valence-electron chi connectivity index (χ0n) is 18.8. The van der Waals surface area contributed by atoms with E-state index in [9.17, 15) is 0 Å². The quantitative estimate of drug-likeness (QED) is 0.398. The van der Waals surface area contributed by atoms with Crippen molar-refractivity contribution in [2.24, 2.45) is 0 Å². The van der Waals surface area contributed by atoms with Gasteiger partial charge in [-0.2, -0.15) is 0 Å². The Morgan fingerprint density at radius 3 is 2.72 bits per heavy atom. The monoisotopic (exact) mass is 444 g/mol. The van der Waals surface area contributed by atoms with Crippen LogP contribution in [0.15, 0.2) is 42.7 Å². The lowest BCUT2D eigenvalue weighted by Crippen LogP contribution is -2.20. The molecule has 5 rings (SSSR count). The lowest BCUT2D eigenvalue weighted by atomic mass is 10.0. The maximum atomic E-state index is 4.88. The second-order valence-electron chi connectivity index (χ2n) is 8.72. The Morgan fingerprint density at radius 2 is 1.91 bits per heavy atom. The first-order chi connectivity index (χ1) is 15.6. The van der Waals surface area contributed by atoms with Gasteiger partial charge in [-0.3, -0.25) is 9.88 Å². The number of pyridine rings is 3. The molecule has 4 aromatic rings. The fraction of sp³-hybridized carbons (Fsp3) is 0.360. The molecule has 5 heterocycles. The standard InChI is InChI=1S/C25H28N6S/c1-16(2)18-7-6-10-26-24(18)25-29-19-13-23(27-14-21(19)32-25)30-22-9-8-17(3)20(28-22)15-31-11-4-5-12-31/h6-10,13-14,16H,4-5,11-12,15H2,1-3H3,(H,27,28,30). The number of aromatic nitrogens is 4. The molecular weight excluding hydrogens is 416 g/mol. The van der Waals surface area contributed by atoms with Crippen molar-refractivity contribution in [2.75, 3.05) is 18.4 Å². The van der Waals surface area contributed by atoms with Crippen molar-refractivity contribution in [1.29, 1.82) is 0 Å². The fourth-order valence-corrected chi connectivity index (χ4v) is 5.09. The van der Waals surface area contributed by atoms with Crippen molar-refractivity contribution in [3.63, 3.8) is 0 Å². The molecule has 0 saturated carbocycles. The van der Waals surface area contributed by atoms with Crippen molar-refractivity contribution in [3.05, 3.63) is 59.5 Å². The van der Waals surface area contributed by atoms with Gasteiger partial charge in [-0.25, -0.2) is 15.0 Å². The first-order valence-electron chi connectivity index (χ1n) is 11.2. The lowest BCUT2D eigenvalue weighted by molar-refractivity contribution is 0.326. The molecule has 0 atom stereocenters. The second kappa shape index (κ2) is 8.92. The Hall–Kier alpha value is -2.90. The van der Waals surface area contributed by atoms with E-state index < -0.39 is 0 Å². The van der Waals surface area contributed by atoms with Crippen LogP contribution in [-0.4, -0.2) is 37.9 Å². The zero-order chi connectivity index (χ0) is 22.1. The van der Waals surface area contributed by atoms with E-state index in [0.29, 0.717) is 5.92 Å². The van der Waals surface area contributed by atoms with Crippen molar-refractivity contribution < 1.29 is 0 Å². The summed E-state index contributed by atoms with van der Waals surface area (Å²) in [5.74, 6) is 1.96. The molecule has 0 aromatic carbocycles. The summed E-state index contributed by atoms with van der Waals surface area (Å²) in [6, 6.07) is 10.3. The van der Waals surface area contributed by atoms with Crippen molar-refractivity contribution in [2.45, 2.75) is 46.1 Å². The maximum absolute atomic E-state index is 4.88. The fourth-order valence-electron chi connectivity index (χ4n) is 4.15. The van der Waals surface area contributed by atoms with E-state index in [2.05, 4.69) is 53.1 Å². The number of likely N-dealkylation sites (tertiary alicyclic amines) is 1. The third-order valence-corrected chi connectivity index (χ3v) is 6.98. The van der Waals surface area contributed by atoms with Crippen LogP contribution < -0.4 is 5.32 Å². The average Bonchev–Trinajstić information content (AvgIpc) is 3.45. The summed E-state index contributed by atoms with van der Waals surface area (Å²) in [5, 5.41) is 4.31. The number of thiazole rings is 1. The van der Waals surface area contributed by atoms with E-state index in [1.807, 2.05) is 30.6 Å². The van der Waals surface area contributed by atoms with E-state index >= 15 is 0 Å². The van der Waals surface area contributed by atoms with Crippen LogP contribution in [0.2, 0.25) is 0 Å². The molecule has 0 spiro atoms. The molecule has 4 aromatic heterocycles. The van der Waals surface area contributed by atoms with Gasteiger partial charge in [-0.05, 0) is 62.0 Å². The Kier molecular flexibility index (Phi) is 5.85. The third-order valence-electron chi connectivity index (χ3n) is 5.97. The number of hydrogen-bond acceptors (Lipinski definition) is 7. The van der Waals surface area contributed by atoms with Gasteiger partial charge in [0.15, 0.2) is 0 Å². The Bertz CT molecular complexity index is 1240. The molecule has 0 amide bonds. The molecule has 0 bridgehead atoms. The van der Waals surface area contributed by atoms with Crippen LogP contribution >= 0.6 is 11.3 Å². The second-order valence-corrected chi connectivity index (χ2v) is 9.75. The Balaban J connectivity index is 1.40. The largest absolute Gasteiger partial charge is 0.325 e. The molecule has 1 aliphatic rings. The van der Waals surface area contributed by atoms with Crippen LogP contribution in [0.4, 0.5) is 11.6 Å². The minimum atomic E-state index is 0.392. The maximum Gasteiger partial charge on any atom is 0.143 e. The highest BCUT2D eigenvalue weighted by molar-refractivity contribution is 7.21. The molecule has 7 heteroatoms. The van der Waals surface area contributed by atoms with Crippen LogP contribution in [0.5, 0.6) is 0 Å². The van der Waals surface area contributed by atoms with Gasteiger partial charge in [0.2, 0.25) is 0 Å². The van der Waals surface area contributed by atoms with Crippen LogP contribution in [0.3, 0.4) is 0 Å². The molecule has 1 N–H and O–H groups in total. The number of aryl methyl sites for hydroxylation is 1. The van der Waals surface area contributed by atoms with Gasteiger partial charge >= 0.3 is 0 Å². The molecule has 0 aliphatic carbocycles. The van der Waals surface area contributed by atoms with Gasteiger partial charge in [0.05, 0.1) is 15.9 Å². The highest BCUT2D eigenvalue weighted by atomic mass is 32.1. The van der Waals surface area contributed by atoms with E-state index in [1.165, 1.54) is 24.0 Å². The SMILES string of the molecule is Cc1ccc(Nc2cc3nc(-c4ncccc4C(C)C)sc3cn2)nc1CN1CCCC1. The summed E-state index contributed by atoms with van der Waals surface area (Å²) >= 11 is 1.63. The summed E-state index contributed by atoms with van der Waals surface area (Å²) < 4.78 is 1.05. The van der Waals surface area contributed by atoms with Gasteiger partial charge in [-0.15, -0.1) is 11.3 Å². The summed E-state index contributed by atoms with van der Waals surface area (Å²) in [5.41, 5.74) is 5.46. The van der Waals surface area contributed by atoms with Crippen LogP contribution in [-0.2, 0) is 6.54 Å². The number of nitrogens with one attached hydrogen (secondary N) is 1. The van der Waals surface area contributed by atoms with E-state index in [-0.39, 0.29) is 0 Å². The lowest BCUT2D eigenvalue weighted by Gasteiger charge is -2.16. The van der Waals surface area contributed by atoms with Gasteiger partial charge < -0.3 is 5.32 Å². The normalized spacial score (nSPS) is 14.5. The molecule has 1 fully saturated rings.